The highest BCUT2D eigenvalue weighted by molar-refractivity contribution is 9.10. The van der Waals surface area contributed by atoms with Crippen LogP contribution in [0.25, 0.3) is 0 Å². The van der Waals surface area contributed by atoms with Crippen LogP contribution in [0.15, 0.2) is 85.9 Å². The molecule has 1 aliphatic rings. The molecule has 1 atom stereocenters. The summed E-state index contributed by atoms with van der Waals surface area (Å²) < 4.78 is 28.6. The molecule has 0 fully saturated rings. The first kappa shape index (κ1) is 17.5. The zero-order valence-electron chi connectivity index (χ0n) is 13.6. The van der Waals surface area contributed by atoms with Crippen molar-refractivity contribution in [2.24, 2.45) is 5.10 Å². The molecule has 3 aromatic rings. The van der Waals surface area contributed by atoms with Crippen LogP contribution in [0.3, 0.4) is 0 Å². The molecule has 1 unspecified atom stereocenters. The van der Waals surface area contributed by atoms with Crippen LogP contribution in [-0.2, 0) is 10.0 Å². The van der Waals surface area contributed by atoms with Crippen molar-refractivity contribution in [1.82, 2.24) is 4.41 Å². The quantitative estimate of drug-likeness (QED) is 0.562. The summed E-state index contributed by atoms with van der Waals surface area (Å²) in [5.74, 6) is 0. The van der Waals surface area contributed by atoms with E-state index in [0.29, 0.717) is 6.42 Å². The standard InChI is InChI=1S/C19H15BrN2O2S2/c20-16-8-6-14(7-9-16)19-12-18(15-10-11-25-13-15)21-22(19)26(23,24)17-4-2-1-3-5-17/h1-11,13,19H,12H2. The first-order valence-electron chi connectivity index (χ1n) is 8.01. The smallest absolute Gasteiger partial charge is 0.200 e. The average molecular weight is 447 g/mol. The third kappa shape index (κ3) is 3.22. The van der Waals surface area contributed by atoms with E-state index in [1.807, 2.05) is 41.1 Å². The minimum atomic E-state index is -3.73. The average Bonchev–Trinajstić information content (AvgIpc) is 3.33. The van der Waals surface area contributed by atoms with Crippen molar-refractivity contribution < 1.29 is 8.42 Å². The van der Waals surface area contributed by atoms with Crippen molar-refractivity contribution in [3.8, 4) is 0 Å². The van der Waals surface area contributed by atoms with Gasteiger partial charge >= 0.3 is 0 Å². The molecular formula is C19H15BrN2O2S2. The van der Waals surface area contributed by atoms with Gasteiger partial charge in [-0.2, -0.15) is 29.3 Å². The topological polar surface area (TPSA) is 49.7 Å². The molecule has 4 nitrogen and oxygen atoms in total. The van der Waals surface area contributed by atoms with Crippen molar-refractivity contribution in [2.45, 2.75) is 17.4 Å². The van der Waals surface area contributed by atoms with E-state index in [-0.39, 0.29) is 10.9 Å². The molecule has 1 aliphatic heterocycles. The van der Waals surface area contributed by atoms with Crippen LogP contribution in [0.4, 0.5) is 0 Å². The van der Waals surface area contributed by atoms with Crippen molar-refractivity contribution in [2.75, 3.05) is 0 Å². The molecule has 26 heavy (non-hydrogen) atoms. The lowest BCUT2D eigenvalue weighted by Gasteiger charge is -2.23. The molecule has 4 rings (SSSR count). The third-order valence-electron chi connectivity index (χ3n) is 4.27. The minimum absolute atomic E-state index is 0.248. The first-order valence-corrected chi connectivity index (χ1v) is 11.2. The molecule has 0 radical (unpaired) electrons. The SMILES string of the molecule is O=S(=O)(c1ccccc1)N1N=C(c2ccsc2)CC1c1ccc(Br)cc1. The van der Waals surface area contributed by atoms with Crippen LogP contribution in [0.5, 0.6) is 0 Å². The van der Waals surface area contributed by atoms with Crippen molar-refractivity contribution >= 4 is 43.0 Å². The molecule has 0 spiro atoms. The molecule has 0 amide bonds. The van der Waals surface area contributed by atoms with Gasteiger partial charge in [0, 0.05) is 16.5 Å². The van der Waals surface area contributed by atoms with Gasteiger partial charge < -0.3 is 0 Å². The monoisotopic (exact) mass is 446 g/mol. The maximum absolute atomic E-state index is 13.2. The van der Waals surface area contributed by atoms with E-state index in [4.69, 9.17) is 0 Å². The largest absolute Gasteiger partial charge is 0.279 e. The number of hydrogen-bond donors (Lipinski definition) is 0. The van der Waals surface area contributed by atoms with Gasteiger partial charge in [0.15, 0.2) is 0 Å². The Morgan fingerprint density at radius 2 is 1.77 bits per heavy atom. The fourth-order valence-electron chi connectivity index (χ4n) is 2.95. The molecule has 0 bridgehead atoms. The number of benzene rings is 2. The molecule has 1 aromatic heterocycles. The van der Waals surface area contributed by atoms with Gasteiger partial charge in [-0.25, -0.2) is 0 Å². The highest BCUT2D eigenvalue weighted by Crippen LogP contribution is 2.37. The van der Waals surface area contributed by atoms with Gasteiger partial charge in [-0.05, 0) is 46.7 Å². The maximum Gasteiger partial charge on any atom is 0.279 e. The van der Waals surface area contributed by atoms with Crippen LogP contribution in [0, 0.1) is 0 Å². The molecule has 0 N–H and O–H groups in total. The molecule has 2 aromatic carbocycles. The minimum Gasteiger partial charge on any atom is -0.200 e. The number of thiophene rings is 1. The van der Waals surface area contributed by atoms with Crippen LogP contribution < -0.4 is 0 Å². The summed E-state index contributed by atoms with van der Waals surface area (Å²) in [6.45, 7) is 0. The van der Waals surface area contributed by atoms with Gasteiger partial charge in [0.1, 0.15) is 0 Å². The van der Waals surface area contributed by atoms with Gasteiger partial charge in [0.25, 0.3) is 10.0 Å². The molecule has 0 saturated carbocycles. The molecular weight excluding hydrogens is 432 g/mol. The van der Waals surface area contributed by atoms with Gasteiger partial charge in [-0.3, -0.25) is 0 Å². The Bertz CT molecular complexity index is 1030. The number of nitrogens with zero attached hydrogens (tertiary/aromatic N) is 2. The van der Waals surface area contributed by atoms with Gasteiger partial charge in [0.05, 0.1) is 16.6 Å². The Morgan fingerprint density at radius 3 is 2.42 bits per heavy atom. The zero-order chi connectivity index (χ0) is 18.1. The number of rotatable bonds is 4. The van der Waals surface area contributed by atoms with E-state index in [0.717, 1.165) is 21.3 Å². The third-order valence-corrected chi connectivity index (χ3v) is 7.18. The van der Waals surface area contributed by atoms with Gasteiger partial charge in [0.2, 0.25) is 0 Å². The summed E-state index contributed by atoms with van der Waals surface area (Å²) in [4.78, 5) is 0.248. The Balaban J connectivity index is 1.79. The molecule has 7 heteroatoms. The number of sulfonamides is 1. The summed E-state index contributed by atoms with van der Waals surface area (Å²) in [5.41, 5.74) is 2.68. The fourth-order valence-corrected chi connectivity index (χ4v) is 5.33. The van der Waals surface area contributed by atoms with E-state index in [2.05, 4.69) is 21.0 Å². The molecule has 0 saturated heterocycles. The van der Waals surface area contributed by atoms with Gasteiger partial charge in [-0.1, -0.05) is 46.3 Å². The van der Waals surface area contributed by atoms with E-state index >= 15 is 0 Å². The van der Waals surface area contributed by atoms with Crippen LogP contribution in [-0.4, -0.2) is 18.5 Å². The second kappa shape index (κ2) is 6.98. The van der Waals surface area contributed by atoms with Crippen LogP contribution in [0.1, 0.15) is 23.6 Å². The Hall–Kier alpha value is -1.96. The van der Waals surface area contributed by atoms with Crippen molar-refractivity contribution in [3.63, 3.8) is 0 Å². The first-order chi connectivity index (χ1) is 12.6. The number of hydrazone groups is 1. The summed E-state index contributed by atoms with van der Waals surface area (Å²) in [6, 6.07) is 17.8. The predicted octanol–water partition coefficient (Wildman–Crippen LogP) is 5.05. The Labute approximate surface area is 165 Å². The predicted molar refractivity (Wildman–Crippen MR) is 108 cm³/mol. The highest BCUT2D eigenvalue weighted by atomic mass is 79.9. The summed E-state index contributed by atoms with van der Waals surface area (Å²) in [6.07, 6.45) is 0.546. The van der Waals surface area contributed by atoms with Crippen molar-refractivity contribution in [3.05, 3.63) is 87.0 Å². The summed E-state index contributed by atoms with van der Waals surface area (Å²) >= 11 is 5.01. The normalized spacial score (nSPS) is 17.3. The number of halogens is 1. The van der Waals surface area contributed by atoms with E-state index in [1.165, 1.54) is 4.41 Å². The molecule has 132 valence electrons. The maximum atomic E-state index is 13.2. The second-order valence-electron chi connectivity index (χ2n) is 5.92. The summed E-state index contributed by atoms with van der Waals surface area (Å²) in [7, 11) is -3.73. The van der Waals surface area contributed by atoms with Crippen LogP contribution in [0.2, 0.25) is 0 Å². The van der Waals surface area contributed by atoms with Crippen molar-refractivity contribution in [1.29, 1.82) is 0 Å². The van der Waals surface area contributed by atoms with E-state index in [9.17, 15) is 8.42 Å². The Kier molecular flexibility index (Phi) is 4.69. The summed E-state index contributed by atoms with van der Waals surface area (Å²) in [5, 5.41) is 8.48. The van der Waals surface area contributed by atoms with Crippen LogP contribution >= 0.6 is 27.3 Å². The van der Waals surface area contributed by atoms with E-state index in [1.54, 1.807) is 41.7 Å². The number of hydrogen-bond acceptors (Lipinski definition) is 4. The fraction of sp³-hybridized carbons (Fsp3) is 0.105. The Morgan fingerprint density at radius 1 is 1.04 bits per heavy atom. The lowest BCUT2D eigenvalue weighted by Crippen LogP contribution is -2.27. The lowest BCUT2D eigenvalue weighted by atomic mass is 10.0. The highest BCUT2D eigenvalue weighted by Gasteiger charge is 2.37. The van der Waals surface area contributed by atoms with E-state index < -0.39 is 10.0 Å². The zero-order valence-corrected chi connectivity index (χ0v) is 16.8. The lowest BCUT2D eigenvalue weighted by molar-refractivity contribution is 0.371. The molecule has 0 aliphatic carbocycles. The van der Waals surface area contributed by atoms with Gasteiger partial charge in [-0.15, -0.1) is 0 Å². The molecule has 2 heterocycles. The second-order valence-corrected chi connectivity index (χ2v) is 9.41.